The number of aryl methyl sites for hydroxylation is 4. The highest BCUT2D eigenvalue weighted by Gasteiger charge is 2.19. The molecule has 0 aliphatic heterocycles. The van der Waals surface area contributed by atoms with Crippen LogP contribution in [0.1, 0.15) is 44.9 Å². The average molecular weight is 356 g/mol. The zero-order valence-corrected chi connectivity index (χ0v) is 15.6. The number of aromatic nitrogens is 2. The zero-order chi connectivity index (χ0) is 18.0. The summed E-state index contributed by atoms with van der Waals surface area (Å²) in [5.41, 5.74) is 4.52. The Balaban J connectivity index is 1.76. The van der Waals surface area contributed by atoms with E-state index < -0.39 is 0 Å². The van der Waals surface area contributed by atoms with Gasteiger partial charge in [-0.1, -0.05) is 36.3 Å². The number of benzene rings is 1. The molecule has 1 aromatic carbocycles. The number of thiazole rings is 1. The lowest BCUT2D eigenvalue weighted by Crippen LogP contribution is -2.05. The molecule has 0 amide bonds. The summed E-state index contributed by atoms with van der Waals surface area (Å²) in [5, 5.41) is 4.69. The maximum absolute atomic E-state index is 12.4. The number of rotatable bonds is 5. The summed E-state index contributed by atoms with van der Waals surface area (Å²) in [6, 6.07) is 8.25. The molecular weight excluding hydrogens is 336 g/mol. The van der Waals surface area contributed by atoms with Gasteiger partial charge in [0, 0.05) is 5.56 Å². The smallest absolute Gasteiger partial charge is 0.350 e. The highest BCUT2D eigenvalue weighted by atomic mass is 32.1. The summed E-state index contributed by atoms with van der Waals surface area (Å²) in [4.78, 5) is 17.5. The second-order valence-corrected chi connectivity index (χ2v) is 6.86. The summed E-state index contributed by atoms with van der Waals surface area (Å²) in [7, 11) is 0. The van der Waals surface area contributed by atoms with Gasteiger partial charge in [-0.15, -0.1) is 11.3 Å². The lowest BCUT2D eigenvalue weighted by atomic mass is 10.1. The van der Waals surface area contributed by atoms with Crippen LogP contribution in [0.5, 0.6) is 0 Å². The Kier molecular flexibility index (Phi) is 4.99. The van der Waals surface area contributed by atoms with Crippen LogP contribution in [-0.4, -0.2) is 16.1 Å². The number of esters is 1. The summed E-state index contributed by atoms with van der Waals surface area (Å²) in [5.74, 6) is 0.300. The van der Waals surface area contributed by atoms with Gasteiger partial charge in [0.2, 0.25) is 0 Å². The van der Waals surface area contributed by atoms with Crippen LogP contribution in [0, 0.1) is 20.8 Å². The molecule has 0 saturated heterocycles. The normalized spacial score (nSPS) is 10.9. The summed E-state index contributed by atoms with van der Waals surface area (Å²) >= 11 is 1.36. The first-order valence-electron chi connectivity index (χ1n) is 8.15. The molecule has 0 fully saturated rings. The standard InChI is InChI=1S/C19H20N2O3S/c1-5-14-6-8-15(9-7-14)18-20-12(3)17(25-18)19(22)23-10-16-11(2)21-24-13(16)4/h6-9H,5,10H2,1-4H3. The highest BCUT2D eigenvalue weighted by molar-refractivity contribution is 7.17. The van der Waals surface area contributed by atoms with Gasteiger partial charge in [0.1, 0.15) is 22.3 Å². The van der Waals surface area contributed by atoms with E-state index in [0.29, 0.717) is 16.3 Å². The Morgan fingerprint density at radius 2 is 1.88 bits per heavy atom. The van der Waals surface area contributed by atoms with Crippen molar-refractivity contribution in [2.24, 2.45) is 0 Å². The third-order valence-corrected chi connectivity index (χ3v) is 5.31. The number of nitrogens with zero attached hydrogens (tertiary/aromatic N) is 2. The molecule has 0 atom stereocenters. The predicted octanol–water partition coefficient (Wildman–Crippen LogP) is 4.64. The van der Waals surface area contributed by atoms with Crippen molar-refractivity contribution in [3.8, 4) is 10.6 Å². The molecule has 25 heavy (non-hydrogen) atoms. The molecule has 6 heteroatoms. The van der Waals surface area contributed by atoms with Crippen LogP contribution >= 0.6 is 11.3 Å². The van der Waals surface area contributed by atoms with Crippen molar-refractivity contribution in [1.82, 2.24) is 10.1 Å². The maximum Gasteiger partial charge on any atom is 0.350 e. The topological polar surface area (TPSA) is 65.2 Å². The number of ether oxygens (including phenoxy) is 1. The van der Waals surface area contributed by atoms with Crippen LogP contribution in [-0.2, 0) is 17.8 Å². The third-order valence-electron chi connectivity index (χ3n) is 4.12. The van der Waals surface area contributed by atoms with Crippen molar-refractivity contribution in [3.63, 3.8) is 0 Å². The molecule has 130 valence electrons. The molecule has 3 rings (SSSR count). The maximum atomic E-state index is 12.4. The van der Waals surface area contributed by atoms with E-state index in [1.165, 1.54) is 16.9 Å². The molecule has 0 spiro atoms. The number of hydrogen-bond acceptors (Lipinski definition) is 6. The SMILES string of the molecule is CCc1ccc(-c2nc(C)c(C(=O)OCc3c(C)noc3C)s2)cc1. The van der Waals surface area contributed by atoms with Gasteiger partial charge >= 0.3 is 5.97 Å². The lowest BCUT2D eigenvalue weighted by molar-refractivity contribution is 0.0475. The lowest BCUT2D eigenvalue weighted by Gasteiger charge is -2.03. The van der Waals surface area contributed by atoms with Gasteiger partial charge in [0.25, 0.3) is 0 Å². The predicted molar refractivity (Wildman–Crippen MR) is 96.8 cm³/mol. The molecule has 5 nitrogen and oxygen atoms in total. The van der Waals surface area contributed by atoms with Crippen LogP contribution in [0.15, 0.2) is 28.8 Å². The Bertz CT molecular complexity index is 875. The molecule has 2 heterocycles. The van der Waals surface area contributed by atoms with Crippen LogP contribution in [0.4, 0.5) is 0 Å². The van der Waals surface area contributed by atoms with Gasteiger partial charge in [0.15, 0.2) is 0 Å². The largest absolute Gasteiger partial charge is 0.456 e. The van der Waals surface area contributed by atoms with E-state index in [1.54, 1.807) is 6.92 Å². The van der Waals surface area contributed by atoms with Crippen molar-refractivity contribution >= 4 is 17.3 Å². The van der Waals surface area contributed by atoms with Crippen LogP contribution in [0.25, 0.3) is 10.6 Å². The monoisotopic (exact) mass is 356 g/mol. The van der Waals surface area contributed by atoms with Crippen molar-refractivity contribution < 1.29 is 14.1 Å². The van der Waals surface area contributed by atoms with Crippen LogP contribution < -0.4 is 0 Å². The van der Waals surface area contributed by atoms with E-state index in [0.717, 1.165) is 28.2 Å². The van der Waals surface area contributed by atoms with E-state index in [-0.39, 0.29) is 12.6 Å². The number of carbonyl (C=O) groups excluding carboxylic acids is 1. The van der Waals surface area contributed by atoms with Crippen molar-refractivity contribution in [2.45, 2.75) is 40.7 Å². The quantitative estimate of drug-likeness (QED) is 0.623. The van der Waals surface area contributed by atoms with Crippen molar-refractivity contribution in [2.75, 3.05) is 0 Å². The Morgan fingerprint density at radius 3 is 2.48 bits per heavy atom. The van der Waals surface area contributed by atoms with Crippen molar-refractivity contribution in [1.29, 1.82) is 0 Å². The van der Waals surface area contributed by atoms with Gasteiger partial charge in [-0.05, 0) is 32.8 Å². The average Bonchev–Trinajstić information content (AvgIpc) is 3.16. The molecule has 0 bridgehead atoms. The minimum atomic E-state index is -0.369. The molecule has 2 aromatic heterocycles. The summed E-state index contributed by atoms with van der Waals surface area (Å²) < 4.78 is 10.5. The van der Waals surface area contributed by atoms with E-state index in [2.05, 4.69) is 29.2 Å². The second kappa shape index (κ2) is 7.19. The number of carbonyl (C=O) groups is 1. The molecule has 0 saturated carbocycles. The molecule has 0 aliphatic carbocycles. The van der Waals surface area contributed by atoms with Gasteiger partial charge in [-0.25, -0.2) is 9.78 Å². The molecule has 0 aliphatic rings. The Hall–Kier alpha value is -2.47. The molecule has 0 unspecified atom stereocenters. The molecular formula is C19H20N2O3S. The molecule has 0 radical (unpaired) electrons. The van der Waals surface area contributed by atoms with E-state index in [4.69, 9.17) is 9.26 Å². The van der Waals surface area contributed by atoms with Crippen molar-refractivity contribution in [3.05, 3.63) is 57.4 Å². The van der Waals surface area contributed by atoms with E-state index in [9.17, 15) is 4.79 Å². The second-order valence-electron chi connectivity index (χ2n) is 5.86. The third kappa shape index (κ3) is 3.64. The van der Waals surface area contributed by atoms with E-state index >= 15 is 0 Å². The Morgan fingerprint density at radius 1 is 1.16 bits per heavy atom. The first kappa shape index (κ1) is 17.4. The van der Waals surface area contributed by atoms with Gasteiger partial charge in [-0.2, -0.15) is 0 Å². The van der Waals surface area contributed by atoms with Crippen LogP contribution in [0.3, 0.4) is 0 Å². The first-order chi connectivity index (χ1) is 12.0. The number of hydrogen-bond donors (Lipinski definition) is 0. The fraction of sp³-hybridized carbons (Fsp3) is 0.316. The zero-order valence-electron chi connectivity index (χ0n) is 14.8. The minimum Gasteiger partial charge on any atom is -0.456 e. The van der Waals surface area contributed by atoms with Gasteiger partial charge in [-0.3, -0.25) is 0 Å². The fourth-order valence-corrected chi connectivity index (χ4v) is 3.47. The first-order valence-corrected chi connectivity index (χ1v) is 8.96. The highest BCUT2D eigenvalue weighted by Crippen LogP contribution is 2.29. The summed E-state index contributed by atoms with van der Waals surface area (Å²) in [6.45, 7) is 7.73. The molecule has 3 aromatic rings. The van der Waals surface area contributed by atoms with E-state index in [1.807, 2.05) is 26.0 Å². The van der Waals surface area contributed by atoms with Crippen LogP contribution in [0.2, 0.25) is 0 Å². The Labute approximate surface area is 150 Å². The van der Waals surface area contributed by atoms with Gasteiger partial charge < -0.3 is 9.26 Å². The van der Waals surface area contributed by atoms with Gasteiger partial charge in [0.05, 0.1) is 17.0 Å². The minimum absolute atomic E-state index is 0.151. The summed E-state index contributed by atoms with van der Waals surface area (Å²) in [6.07, 6.45) is 0.996. The fourth-order valence-electron chi connectivity index (χ4n) is 2.50. The molecule has 0 N–H and O–H groups in total.